The zero-order chi connectivity index (χ0) is 18.7. The van der Waals surface area contributed by atoms with Crippen LogP contribution in [0.5, 0.6) is 0 Å². The standard InChI is InChI=1S/2C5H5F3O2.O.V/c2*1-3(9)2-4(10)5(6,7)8;;/h2*2H2,1H3;;/p+4. The van der Waals surface area contributed by atoms with Gasteiger partial charge in [0.15, 0.2) is 12.8 Å². The molecular formula is C10H14F6O5V+4. The third-order valence-corrected chi connectivity index (χ3v) is 1.50. The monoisotopic (exact) mass is 379 g/mol. The summed E-state index contributed by atoms with van der Waals surface area (Å²) < 4.78 is 76.6. The molecule has 0 rings (SSSR count). The Morgan fingerprint density at radius 1 is 0.727 bits per heavy atom. The molecule has 0 aromatic carbocycles. The van der Waals surface area contributed by atoms with Gasteiger partial charge in [-0.25, -0.2) is 0 Å². The van der Waals surface area contributed by atoms with E-state index in [1.807, 2.05) is 0 Å². The van der Waals surface area contributed by atoms with Gasteiger partial charge in [-0.3, -0.25) is 19.2 Å². The number of carbonyl (C=O) groups excluding carboxylic acids is 4. The van der Waals surface area contributed by atoms with Gasteiger partial charge in [-0.15, -0.1) is 0 Å². The molecule has 0 aliphatic rings. The number of alkyl halides is 6. The molecule has 12 heteroatoms. The third-order valence-electron chi connectivity index (χ3n) is 1.50. The van der Waals surface area contributed by atoms with Crippen LogP contribution in [0.25, 0.3) is 0 Å². The van der Waals surface area contributed by atoms with E-state index in [-0.39, 0.29) is 0 Å². The Hall–Kier alpha value is -1.36. The van der Waals surface area contributed by atoms with Gasteiger partial charge >= 0.3 is 56.5 Å². The second kappa shape index (κ2) is 11.2. The van der Waals surface area contributed by atoms with Gasteiger partial charge in [-0.2, -0.15) is 26.3 Å². The molecular weight excluding hydrogens is 365 g/mol. The van der Waals surface area contributed by atoms with E-state index < -0.39 is 48.3 Å². The molecule has 22 heavy (non-hydrogen) atoms. The summed E-state index contributed by atoms with van der Waals surface area (Å²) in [7, 11) is 0. The fraction of sp³-hybridized carbons (Fsp3) is 0.600. The minimum atomic E-state index is -4.72. The summed E-state index contributed by atoms with van der Waals surface area (Å²) in [6, 6.07) is 0. The zero-order valence-electron chi connectivity index (χ0n) is 11.3. The van der Waals surface area contributed by atoms with Gasteiger partial charge in [0.05, 0.1) is 0 Å². The molecule has 5 nitrogen and oxygen atoms in total. The van der Waals surface area contributed by atoms with Crippen molar-refractivity contribution in [3.8, 4) is 0 Å². The summed E-state index contributed by atoms with van der Waals surface area (Å²) >= 11 is 1.06. The van der Waals surface area contributed by atoms with Gasteiger partial charge < -0.3 is 0 Å². The maximum absolute atomic E-state index is 11.4. The minimum absolute atomic E-state index is 0.463. The van der Waals surface area contributed by atoms with Crippen LogP contribution in [0.3, 0.4) is 0 Å². The first kappa shape index (κ1) is 25.6. The first-order valence-electron chi connectivity index (χ1n) is 5.13. The molecule has 0 aromatic heterocycles. The normalized spacial score (nSPS) is 10.3. The van der Waals surface area contributed by atoms with Crippen molar-refractivity contribution in [3.05, 3.63) is 0 Å². The van der Waals surface area contributed by atoms with Gasteiger partial charge in [0.1, 0.15) is 0 Å². The first-order valence-corrected chi connectivity index (χ1v) is 5.70. The van der Waals surface area contributed by atoms with Gasteiger partial charge in [0.25, 0.3) is 0 Å². The van der Waals surface area contributed by atoms with E-state index in [2.05, 4.69) is 0 Å². The van der Waals surface area contributed by atoms with Crippen molar-refractivity contribution < 1.29 is 66.6 Å². The van der Waals surface area contributed by atoms with Gasteiger partial charge in [-0.1, -0.05) is 0 Å². The average Bonchev–Trinajstić information content (AvgIpc) is 2.28. The Labute approximate surface area is 129 Å². The summed E-state index contributed by atoms with van der Waals surface area (Å²) in [5.74, 6) is -4.27. The van der Waals surface area contributed by atoms with Crippen molar-refractivity contribution >= 4 is 23.1 Å². The fourth-order valence-electron chi connectivity index (χ4n) is 0.685. The maximum atomic E-state index is 11.4. The zero-order valence-corrected chi connectivity index (χ0v) is 12.7. The summed E-state index contributed by atoms with van der Waals surface area (Å²) in [5.41, 5.74) is 0. The Balaban J connectivity index is -0.000000294. The van der Waals surface area contributed by atoms with E-state index >= 15 is 0 Å². The molecule has 0 heterocycles. The second-order valence-electron chi connectivity index (χ2n) is 3.71. The van der Waals surface area contributed by atoms with Crippen LogP contribution < -0.4 is 0 Å². The Bertz CT molecular complexity index is 377. The summed E-state index contributed by atoms with van der Waals surface area (Å²) in [4.78, 5) is 33.0. The molecule has 0 saturated heterocycles. The van der Waals surface area contributed by atoms with Gasteiger partial charge in [0.2, 0.25) is 0 Å². The van der Waals surface area contributed by atoms with Crippen LogP contribution in [0.15, 0.2) is 0 Å². The Kier molecular flexibility index (Phi) is 13.1. The van der Waals surface area contributed by atoms with Crippen molar-refractivity contribution in [1.29, 1.82) is 0 Å². The van der Waals surface area contributed by atoms with Crippen LogP contribution in [-0.4, -0.2) is 54.7 Å². The molecule has 0 unspecified atom stereocenters. The summed E-state index contributed by atoms with van der Waals surface area (Å²) in [6.07, 6.45) is -11.1. The quantitative estimate of drug-likeness (QED) is 0.416. The molecule has 0 amide bonds. The number of hydrogen-bond donors (Lipinski definition) is 0. The number of ketones is 4. The van der Waals surface area contributed by atoms with Crippen LogP contribution in [0, 0.1) is 0 Å². The summed E-state index contributed by atoms with van der Waals surface area (Å²) in [6.45, 7) is 2.17. The number of hydrogen-bond acceptors (Lipinski definition) is 1. The van der Waals surface area contributed by atoms with Crippen molar-refractivity contribution in [2.24, 2.45) is 0 Å². The molecule has 0 bridgehead atoms. The summed E-state index contributed by atoms with van der Waals surface area (Å²) in [5, 5.41) is 0. The predicted octanol–water partition coefficient (Wildman–Crippen LogP) is 1.98. The molecule has 0 fully saturated rings. The molecule has 0 atom stereocenters. The predicted molar refractivity (Wildman–Crippen MR) is 61.1 cm³/mol. The molecule has 127 valence electrons. The molecule has 0 saturated carbocycles. The van der Waals surface area contributed by atoms with E-state index in [4.69, 9.17) is 22.9 Å². The fourth-order valence-corrected chi connectivity index (χ4v) is 0.685. The molecule has 0 aliphatic heterocycles. The van der Waals surface area contributed by atoms with Gasteiger partial charge in [0, 0.05) is 13.8 Å². The van der Waals surface area contributed by atoms with Crippen LogP contribution in [0.4, 0.5) is 26.3 Å². The van der Waals surface area contributed by atoms with Crippen molar-refractivity contribution in [1.82, 2.24) is 0 Å². The number of halogens is 6. The molecule has 0 spiro atoms. The van der Waals surface area contributed by atoms with E-state index in [0.29, 0.717) is 0 Å². The second-order valence-corrected chi connectivity index (χ2v) is 3.71. The van der Waals surface area contributed by atoms with Crippen molar-refractivity contribution in [3.63, 3.8) is 0 Å². The van der Waals surface area contributed by atoms with Crippen molar-refractivity contribution in [2.45, 2.75) is 39.0 Å². The van der Waals surface area contributed by atoms with Crippen LogP contribution in [-0.2, 0) is 21.0 Å². The Morgan fingerprint density at radius 2 is 0.909 bits per heavy atom. The third kappa shape index (κ3) is 16.7. The van der Waals surface area contributed by atoms with E-state index in [0.717, 1.165) is 31.2 Å². The SMILES string of the molecule is CC(=[OH+])CC(=[OH+])C(F)(F)F.CC(=[OH+])CC(=[OH+])C(F)(F)F.[O]=[V]. The van der Waals surface area contributed by atoms with Crippen molar-refractivity contribution in [2.75, 3.05) is 0 Å². The van der Waals surface area contributed by atoms with E-state index in [9.17, 15) is 26.3 Å². The van der Waals surface area contributed by atoms with Crippen LogP contribution >= 0.6 is 0 Å². The van der Waals surface area contributed by atoms with E-state index in [1.54, 1.807) is 0 Å². The topological polar surface area (TPSA) is 103 Å². The van der Waals surface area contributed by atoms with Gasteiger partial charge in [-0.05, 0) is 0 Å². The van der Waals surface area contributed by atoms with Crippen LogP contribution in [0.2, 0.25) is 0 Å². The Morgan fingerprint density at radius 3 is 0.955 bits per heavy atom. The first-order chi connectivity index (χ1) is 9.67. The molecule has 0 radical (unpaired) electrons. The molecule has 4 N–H and O–H groups in total. The van der Waals surface area contributed by atoms with E-state index in [1.165, 1.54) is 0 Å². The van der Waals surface area contributed by atoms with Crippen LogP contribution in [0.1, 0.15) is 26.7 Å². The molecule has 0 aliphatic carbocycles. The average molecular weight is 379 g/mol. The number of rotatable bonds is 4. The molecule has 0 aromatic rings.